The minimum absolute atomic E-state index is 0.0976. The number of aryl methyl sites for hydroxylation is 1. The van der Waals surface area contributed by atoms with E-state index >= 15 is 0 Å². The van der Waals surface area contributed by atoms with E-state index in [1.807, 2.05) is 23.0 Å². The predicted octanol–water partition coefficient (Wildman–Crippen LogP) is 1.59. The number of fused-ring (bicyclic) bond motifs is 1. The Hall–Kier alpha value is -1.88. The first kappa shape index (κ1) is 12.6. The van der Waals surface area contributed by atoms with E-state index in [1.165, 1.54) is 5.39 Å². The van der Waals surface area contributed by atoms with Gasteiger partial charge in [0.2, 0.25) is 5.91 Å². The number of carbonyl (C=O) groups excluding carboxylic acids is 1. The van der Waals surface area contributed by atoms with Crippen LogP contribution in [0.15, 0.2) is 30.5 Å². The van der Waals surface area contributed by atoms with Crippen molar-refractivity contribution in [3.63, 3.8) is 0 Å². The number of nitrogens with one attached hydrogen (secondary N) is 1. The third-order valence-corrected chi connectivity index (χ3v) is 2.99. The van der Waals surface area contributed by atoms with Crippen LogP contribution in [-0.2, 0) is 11.3 Å². The Morgan fingerprint density at radius 1 is 1.28 bits per heavy atom. The number of amides is 1. The first-order valence-corrected chi connectivity index (χ1v) is 6.21. The lowest BCUT2D eigenvalue weighted by Crippen LogP contribution is -2.29. The van der Waals surface area contributed by atoms with Crippen LogP contribution < -0.4 is 11.3 Å². The van der Waals surface area contributed by atoms with E-state index in [4.69, 9.17) is 5.84 Å². The Kier molecular flexibility index (Phi) is 4.30. The lowest BCUT2D eigenvalue weighted by Gasteiger charge is -2.03. The monoisotopic (exact) mass is 246 g/mol. The second-order valence-electron chi connectivity index (χ2n) is 4.30. The van der Waals surface area contributed by atoms with Crippen LogP contribution in [0.25, 0.3) is 10.9 Å². The molecule has 5 nitrogen and oxygen atoms in total. The zero-order valence-electron chi connectivity index (χ0n) is 10.3. The van der Waals surface area contributed by atoms with Gasteiger partial charge in [-0.05, 0) is 18.9 Å². The Morgan fingerprint density at radius 3 is 2.94 bits per heavy atom. The second kappa shape index (κ2) is 6.16. The molecule has 1 aromatic heterocycles. The van der Waals surface area contributed by atoms with Crippen molar-refractivity contribution in [2.45, 2.75) is 32.2 Å². The summed E-state index contributed by atoms with van der Waals surface area (Å²) in [5.41, 5.74) is 3.30. The van der Waals surface area contributed by atoms with Crippen molar-refractivity contribution in [1.82, 2.24) is 15.2 Å². The van der Waals surface area contributed by atoms with E-state index in [0.29, 0.717) is 6.42 Å². The molecule has 0 unspecified atom stereocenters. The summed E-state index contributed by atoms with van der Waals surface area (Å²) in [5, 5.41) is 5.53. The van der Waals surface area contributed by atoms with Crippen LogP contribution in [0.3, 0.4) is 0 Å². The van der Waals surface area contributed by atoms with E-state index in [2.05, 4.69) is 22.7 Å². The Morgan fingerprint density at radius 2 is 2.11 bits per heavy atom. The largest absolute Gasteiger partial charge is 0.294 e. The van der Waals surface area contributed by atoms with Gasteiger partial charge in [0, 0.05) is 18.4 Å². The first-order valence-electron chi connectivity index (χ1n) is 6.21. The minimum Gasteiger partial charge on any atom is -0.294 e. The van der Waals surface area contributed by atoms with E-state index in [1.54, 1.807) is 0 Å². The molecule has 0 saturated heterocycles. The van der Waals surface area contributed by atoms with Gasteiger partial charge in [0.05, 0.1) is 11.7 Å². The topological polar surface area (TPSA) is 72.9 Å². The molecule has 0 atom stereocenters. The SMILES string of the molecule is NNC(=O)CCCCCn1ncc2ccccc21. The zero-order valence-corrected chi connectivity index (χ0v) is 10.3. The molecule has 1 amide bonds. The highest BCUT2D eigenvalue weighted by atomic mass is 16.2. The maximum Gasteiger partial charge on any atom is 0.233 e. The van der Waals surface area contributed by atoms with E-state index < -0.39 is 0 Å². The summed E-state index contributed by atoms with van der Waals surface area (Å²) in [4.78, 5) is 10.9. The van der Waals surface area contributed by atoms with Gasteiger partial charge in [0.25, 0.3) is 0 Å². The molecule has 0 aliphatic rings. The number of rotatable bonds is 6. The number of carbonyl (C=O) groups is 1. The highest BCUT2D eigenvalue weighted by molar-refractivity contribution is 5.78. The van der Waals surface area contributed by atoms with Crippen molar-refractivity contribution in [2.75, 3.05) is 0 Å². The highest BCUT2D eigenvalue weighted by Crippen LogP contribution is 2.13. The van der Waals surface area contributed by atoms with Crippen molar-refractivity contribution in [1.29, 1.82) is 0 Å². The standard InChI is InChI=1S/C13H18N4O/c14-16-13(18)8-2-1-5-9-17-12-7-4-3-6-11(12)10-15-17/h3-4,6-7,10H,1-2,5,8-9,14H2,(H,16,18). The summed E-state index contributed by atoms with van der Waals surface area (Å²) >= 11 is 0. The Bertz CT molecular complexity index is 520. The number of hydrogen-bond donors (Lipinski definition) is 2. The molecule has 0 bridgehead atoms. The smallest absolute Gasteiger partial charge is 0.233 e. The fourth-order valence-electron chi connectivity index (χ4n) is 2.00. The number of nitrogens with two attached hydrogens (primary N) is 1. The minimum atomic E-state index is -0.0976. The molecule has 0 spiro atoms. The maximum absolute atomic E-state index is 10.9. The number of aromatic nitrogens is 2. The summed E-state index contributed by atoms with van der Waals surface area (Å²) < 4.78 is 2.01. The van der Waals surface area contributed by atoms with Crippen molar-refractivity contribution >= 4 is 16.8 Å². The van der Waals surface area contributed by atoms with Crippen LogP contribution in [0.4, 0.5) is 0 Å². The van der Waals surface area contributed by atoms with Crippen molar-refractivity contribution in [3.05, 3.63) is 30.5 Å². The molecule has 0 saturated carbocycles. The first-order chi connectivity index (χ1) is 8.81. The average Bonchev–Trinajstić information content (AvgIpc) is 2.81. The third-order valence-electron chi connectivity index (χ3n) is 2.99. The normalized spacial score (nSPS) is 10.7. The molecule has 1 heterocycles. The fraction of sp³-hybridized carbons (Fsp3) is 0.385. The molecule has 5 heteroatoms. The molecule has 96 valence electrons. The van der Waals surface area contributed by atoms with Crippen LogP contribution in [0.1, 0.15) is 25.7 Å². The van der Waals surface area contributed by atoms with Crippen LogP contribution in [0, 0.1) is 0 Å². The molecule has 0 radical (unpaired) electrons. The van der Waals surface area contributed by atoms with Gasteiger partial charge in [-0.2, -0.15) is 5.10 Å². The number of nitrogens with zero attached hydrogens (tertiary/aromatic N) is 2. The maximum atomic E-state index is 10.9. The Labute approximate surface area is 106 Å². The van der Waals surface area contributed by atoms with Crippen LogP contribution in [-0.4, -0.2) is 15.7 Å². The summed E-state index contributed by atoms with van der Waals surface area (Å²) in [6.07, 6.45) is 5.26. The van der Waals surface area contributed by atoms with E-state index in [9.17, 15) is 4.79 Å². The van der Waals surface area contributed by atoms with Gasteiger partial charge < -0.3 is 0 Å². The molecular formula is C13H18N4O. The number of benzene rings is 1. The molecule has 3 N–H and O–H groups in total. The number of hydrogen-bond acceptors (Lipinski definition) is 3. The third kappa shape index (κ3) is 3.07. The van der Waals surface area contributed by atoms with Crippen molar-refractivity contribution in [2.24, 2.45) is 5.84 Å². The van der Waals surface area contributed by atoms with Gasteiger partial charge in [-0.25, -0.2) is 5.84 Å². The lowest BCUT2D eigenvalue weighted by molar-refractivity contribution is -0.121. The van der Waals surface area contributed by atoms with Crippen LogP contribution in [0.2, 0.25) is 0 Å². The van der Waals surface area contributed by atoms with Gasteiger partial charge in [-0.3, -0.25) is 14.9 Å². The molecule has 2 aromatic rings. The molecule has 2 rings (SSSR count). The molecule has 18 heavy (non-hydrogen) atoms. The Balaban J connectivity index is 1.78. The molecule has 0 aliphatic carbocycles. The lowest BCUT2D eigenvalue weighted by atomic mass is 10.2. The summed E-state index contributed by atoms with van der Waals surface area (Å²) in [7, 11) is 0. The highest BCUT2D eigenvalue weighted by Gasteiger charge is 2.02. The quantitative estimate of drug-likeness (QED) is 0.352. The fourth-order valence-corrected chi connectivity index (χ4v) is 2.00. The molecule has 0 fully saturated rings. The average molecular weight is 246 g/mol. The van der Waals surface area contributed by atoms with Gasteiger partial charge in [0.15, 0.2) is 0 Å². The van der Waals surface area contributed by atoms with Crippen molar-refractivity contribution < 1.29 is 4.79 Å². The number of hydrazine groups is 1. The zero-order chi connectivity index (χ0) is 12.8. The van der Waals surface area contributed by atoms with Gasteiger partial charge in [0.1, 0.15) is 0 Å². The van der Waals surface area contributed by atoms with E-state index in [-0.39, 0.29) is 5.91 Å². The summed E-state index contributed by atoms with van der Waals surface area (Å²) in [6.45, 7) is 0.887. The number of unbranched alkanes of at least 4 members (excludes halogenated alkanes) is 2. The number of para-hydroxylation sites is 1. The van der Waals surface area contributed by atoms with Crippen molar-refractivity contribution in [3.8, 4) is 0 Å². The molecule has 0 aliphatic heterocycles. The van der Waals surface area contributed by atoms with Crippen LogP contribution >= 0.6 is 0 Å². The molecular weight excluding hydrogens is 228 g/mol. The van der Waals surface area contributed by atoms with Gasteiger partial charge >= 0.3 is 0 Å². The molecule has 1 aromatic carbocycles. The summed E-state index contributed by atoms with van der Waals surface area (Å²) in [6, 6.07) is 8.17. The second-order valence-corrected chi connectivity index (χ2v) is 4.30. The van der Waals surface area contributed by atoms with Crippen LogP contribution in [0.5, 0.6) is 0 Å². The van der Waals surface area contributed by atoms with Gasteiger partial charge in [-0.1, -0.05) is 24.6 Å². The predicted molar refractivity (Wildman–Crippen MR) is 70.5 cm³/mol. The summed E-state index contributed by atoms with van der Waals surface area (Å²) in [5.74, 6) is 4.91. The van der Waals surface area contributed by atoms with Gasteiger partial charge in [-0.15, -0.1) is 0 Å². The van der Waals surface area contributed by atoms with E-state index in [0.717, 1.165) is 31.3 Å².